The van der Waals surface area contributed by atoms with Crippen molar-refractivity contribution in [2.75, 3.05) is 6.61 Å². The summed E-state index contributed by atoms with van der Waals surface area (Å²) in [7, 11) is 0. The molecule has 0 amide bonds. The summed E-state index contributed by atoms with van der Waals surface area (Å²) in [4.78, 5) is 10.9. The summed E-state index contributed by atoms with van der Waals surface area (Å²) in [6.07, 6.45) is -5.29. The second kappa shape index (κ2) is 4.67. The molecule has 0 spiro atoms. The maximum atomic E-state index is 10.9. The Morgan fingerprint density at radius 1 is 1.44 bits per heavy atom. The van der Waals surface area contributed by atoms with E-state index in [0.717, 1.165) is 0 Å². The number of ether oxygens (including phenoxy) is 2. The average molecular weight is 234 g/mol. The summed E-state index contributed by atoms with van der Waals surface area (Å²) in [5, 5.41) is 28.2. The lowest BCUT2D eigenvalue weighted by molar-refractivity contribution is -0.154. The Morgan fingerprint density at radius 2 is 2.00 bits per heavy atom. The fourth-order valence-electron chi connectivity index (χ4n) is 1.33. The largest absolute Gasteiger partial charge is 0.455 e. The molecule has 1 fully saturated rings. The summed E-state index contributed by atoms with van der Waals surface area (Å²) in [5.74, 6) is -0.924. The Hall–Kier alpha value is -0.690. The Balaban J connectivity index is 2.49. The Kier molecular flexibility index (Phi) is 3.90. The van der Waals surface area contributed by atoms with Crippen LogP contribution in [0.1, 0.15) is 20.8 Å². The van der Waals surface area contributed by atoms with Crippen LogP contribution in [0.4, 0.5) is 0 Å². The van der Waals surface area contributed by atoms with E-state index in [2.05, 4.69) is 4.74 Å². The van der Waals surface area contributed by atoms with Crippen molar-refractivity contribution in [3.8, 4) is 0 Å². The molecule has 0 bridgehead atoms. The quantitative estimate of drug-likeness (QED) is 0.531. The first kappa shape index (κ1) is 13.4. The molecular formula is C10H18O6. The minimum absolute atomic E-state index is 0.0781. The molecule has 1 saturated heterocycles. The molecule has 1 aliphatic rings. The second-order valence-corrected chi connectivity index (χ2v) is 4.83. The van der Waals surface area contributed by atoms with E-state index in [1.807, 2.05) is 20.8 Å². The number of hydrogen-bond acceptors (Lipinski definition) is 6. The molecule has 4 unspecified atom stereocenters. The average Bonchev–Trinajstić information content (AvgIpc) is 2.41. The van der Waals surface area contributed by atoms with E-state index in [4.69, 9.17) is 9.84 Å². The molecule has 1 aliphatic heterocycles. The van der Waals surface area contributed by atoms with E-state index in [1.54, 1.807) is 0 Å². The van der Waals surface area contributed by atoms with Gasteiger partial charge in [0.15, 0.2) is 12.2 Å². The van der Waals surface area contributed by atoms with Gasteiger partial charge in [0.25, 0.3) is 0 Å². The molecular weight excluding hydrogens is 216 g/mol. The zero-order chi connectivity index (χ0) is 12.5. The van der Waals surface area contributed by atoms with E-state index in [1.165, 1.54) is 0 Å². The molecule has 1 rings (SSSR count). The summed E-state index contributed by atoms with van der Waals surface area (Å²) in [6, 6.07) is 0. The lowest BCUT2D eigenvalue weighted by atomic mass is 10.1. The van der Waals surface area contributed by atoms with Crippen molar-refractivity contribution in [3.05, 3.63) is 0 Å². The molecule has 0 radical (unpaired) electrons. The highest BCUT2D eigenvalue weighted by molar-refractivity contribution is 5.77. The van der Waals surface area contributed by atoms with Gasteiger partial charge in [0.05, 0.1) is 12.2 Å². The van der Waals surface area contributed by atoms with Gasteiger partial charge in [0, 0.05) is 0 Å². The zero-order valence-electron chi connectivity index (χ0n) is 9.58. The van der Waals surface area contributed by atoms with E-state index in [9.17, 15) is 15.0 Å². The van der Waals surface area contributed by atoms with Gasteiger partial charge >= 0.3 is 5.97 Å². The first-order chi connectivity index (χ1) is 7.22. The third-order valence-electron chi connectivity index (χ3n) is 2.22. The summed E-state index contributed by atoms with van der Waals surface area (Å²) in [6.45, 7) is 5.36. The van der Waals surface area contributed by atoms with Gasteiger partial charge in [-0.2, -0.15) is 0 Å². The van der Waals surface area contributed by atoms with E-state index in [-0.39, 0.29) is 6.61 Å². The van der Waals surface area contributed by atoms with Crippen molar-refractivity contribution >= 4 is 5.97 Å². The van der Waals surface area contributed by atoms with Gasteiger partial charge in [-0.15, -0.1) is 0 Å². The molecule has 0 aromatic carbocycles. The van der Waals surface area contributed by atoms with Gasteiger partial charge in [0.2, 0.25) is 0 Å². The van der Waals surface area contributed by atoms with Crippen LogP contribution in [0.3, 0.4) is 0 Å². The number of esters is 1. The van der Waals surface area contributed by atoms with Crippen LogP contribution < -0.4 is 0 Å². The molecule has 0 aromatic heterocycles. The van der Waals surface area contributed by atoms with Crippen molar-refractivity contribution in [2.24, 2.45) is 0 Å². The fourth-order valence-corrected chi connectivity index (χ4v) is 1.33. The van der Waals surface area contributed by atoms with E-state index < -0.39 is 36.0 Å². The van der Waals surface area contributed by atoms with Gasteiger partial charge in [0.1, 0.15) is 12.2 Å². The van der Waals surface area contributed by atoms with Crippen LogP contribution in [0.2, 0.25) is 0 Å². The van der Waals surface area contributed by atoms with Crippen LogP contribution in [0.15, 0.2) is 0 Å². The number of hydrogen-bond donors (Lipinski definition) is 3. The minimum atomic E-state index is -1.59. The summed E-state index contributed by atoms with van der Waals surface area (Å²) >= 11 is 0. The fraction of sp³-hybridized carbons (Fsp3) is 0.900. The van der Waals surface area contributed by atoms with Crippen molar-refractivity contribution in [2.45, 2.75) is 50.8 Å². The molecule has 3 N–H and O–H groups in total. The molecule has 0 aliphatic carbocycles. The summed E-state index contributed by atoms with van der Waals surface area (Å²) < 4.78 is 9.93. The molecule has 0 aromatic rings. The van der Waals surface area contributed by atoms with Crippen molar-refractivity contribution in [3.63, 3.8) is 0 Å². The Morgan fingerprint density at radius 3 is 2.38 bits per heavy atom. The maximum Gasteiger partial charge on any atom is 0.338 e. The van der Waals surface area contributed by atoms with Gasteiger partial charge in [-0.05, 0) is 20.8 Å². The normalized spacial score (nSPS) is 32.6. The highest BCUT2D eigenvalue weighted by Gasteiger charge is 2.46. The second-order valence-electron chi connectivity index (χ2n) is 4.83. The molecule has 16 heavy (non-hydrogen) atoms. The summed E-state index contributed by atoms with van der Waals surface area (Å²) in [5.41, 5.74) is -0.437. The van der Waals surface area contributed by atoms with E-state index in [0.29, 0.717) is 0 Å². The lowest BCUT2D eigenvalue weighted by Gasteiger charge is -2.25. The molecule has 6 heteroatoms. The van der Waals surface area contributed by atoms with Crippen LogP contribution in [-0.4, -0.2) is 57.9 Å². The molecule has 0 saturated carbocycles. The first-order valence-corrected chi connectivity index (χ1v) is 5.11. The first-order valence-electron chi connectivity index (χ1n) is 5.11. The predicted octanol–water partition coefficient (Wildman–Crippen LogP) is -1.19. The SMILES string of the molecule is CC(C)(C)OCC(O)C1OC(=O)C(O)C1O. The number of aliphatic hydroxyl groups is 3. The number of aliphatic hydroxyl groups excluding tert-OH is 3. The van der Waals surface area contributed by atoms with E-state index >= 15 is 0 Å². The third-order valence-corrected chi connectivity index (χ3v) is 2.22. The van der Waals surface area contributed by atoms with Crippen LogP contribution in [-0.2, 0) is 14.3 Å². The van der Waals surface area contributed by atoms with Gasteiger partial charge in [-0.25, -0.2) is 4.79 Å². The zero-order valence-corrected chi connectivity index (χ0v) is 9.58. The van der Waals surface area contributed by atoms with Gasteiger partial charge < -0.3 is 24.8 Å². The molecule has 6 nitrogen and oxygen atoms in total. The lowest BCUT2D eigenvalue weighted by Crippen LogP contribution is -2.42. The standard InChI is InChI=1S/C10H18O6/c1-10(2,3)15-4-5(11)8-6(12)7(13)9(14)16-8/h5-8,11-13H,4H2,1-3H3. The third kappa shape index (κ3) is 3.15. The Bertz CT molecular complexity index is 259. The highest BCUT2D eigenvalue weighted by atomic mass is 16.6. The monoisotopic (exact) mass is 234 g/mol. The van der Waals surface area contributed by atoms with Gasteiger partial charge in [-0.1, -0.05) is 0 Å². The minimum Gasteiger partial charge on any atom is -0.455 e. The van der Waals surface area contributed by atoms with Crippen LogP contribution in [0, 0.1) is 0 Å². The van der Waals surface area contributed by atoms with Crippen LogP contribution in [0.25, 0.3) is 0 Å². The number of cyclic esters (lactones) is 1. The van der Waals surface area contributed by atoms with Gasteiger partial charge in [-0.3, -0.25) is 0 Å². The molecule has 94 valence electrons. The van der Waals surface area contributed by atoms with Crippen molar-refractivity contribution < 1.29 is 29.6 Å². The topological polar surface area (TPSA) is 96.2 Å². The molecule has 1 heterocycles. The predicted molar refractivity (Wildman–Crippen MR) is 53.6 cm³/mol. The smallest absolute Gasteiger partial charge is 0.338 e. The number of rotatable bonds is 3. The van der Waals surface area contributed by atoms with Crippen LogP contribution in [0.5, 0.6) is 0 Å². The Labute approximate surface area is 93.8 Å². The highest BCUT2D eigenvalue weighted by Crippen LogP contribution is 2.20. The number of carbonyl (C=O) groups is 1. The molecule has 4 atom stereocenters. The number of carbonyl (C=O) groups excluding carboxylic acids is 1. The van der Waals surface area contributed by atoms with Crippen molar-refractivity contribution in [1.29, 1.82) is 0 Å². The van der Waals surface area contributed by atoms with Crippen molar-refractivity contribution in [1.82, 2.24) is 0 Å². The maximum absolute atomic E-state index is 10.9. The van der Waals surface area contributed by atoms with Crippen LogP contribution >= 0.6 is 0 Å².